The minimum absolute atomic E-state index is 0.298. The van der Waals surface area contributed by atoms with Crippen LogP contribution in [0.15, 0.2) is 47.6 Å². The van der Waals surface area contributed by atoms with Gasteiger partial charge in [0.15, 0.2) is 16.6 Å². The fourth-order valence-corrected chi connectivity index (χ4v) is 2.33. The van der Waals surface area contributed by atoms with Crippen molar-refractivity contribution in [1.82, 2.24) is 5.43 Å². The smallest absolute Gasteiger partial charge is 0.191 e. The molecule has 0 atom stereocenters. The van der Waals surface area contributed by atoms with Gasteiger partial charge in [0.05, 0.1) is 14.2 Å². The van der Waals surface area contributed by atoms with E-state index in [0.717, 1.165) is 11.3 Å². The number of methoxy groups -OCH3 is 2. The molecule has 0 heterocycles. The zero-order valence-electron chi connectivity index (χ0n) is 14.3. The van der Waals surface area contributed by atoms with Gasteiger partial charge in [-0.2, -0.15) is 5.10 Å². The normalized spacial score (nSPS) is 11.0. The molecule has 0 aromatic heterocycles. The maximum absolute atomic E-state index is 12.9. The Morgan fingerprint density at radius 3 is 2.40 bits per heavy atom. The first-order chi connectivity index (χ1) is 12.0. The summed E-state index contributed by atoms with van der Waals surface area (Å²) < 4.78 is 23.4. The van der Waals surface area contributed by atoms with E-state index in [4.69, 9.17) is 21.7 Å². The number of nitrogens with one attached hydrogen (secondary N) is 2. The Hall–Kier alpha value is -2.67. The van der Waals surface area contributed by atoms with Crippen molar-refractivity contribution in [2.75, 3.05) is 19.5 Å². The lowest BCUT2D eigenvalue weighted by molar-refractivity contribution is 0.354. The minimum Gasteiger partial charge on any atom is -0.493 e. The monoisotopic (exact) mass is 361 g/mol. The molecule has 0 radical (unpaired) electrons. The highest BCUT2D eigenvalue weighted by molar-refractivity contribution is 7.80. The molecule has 2 rings (SSSR count). The largest absolute Gasteiger partial charge is 0.493 e. The van der Waals surface area contributed by atoms with E-state index in [9.17, 15) is 4.39 Å². The van der Waals surface area contributed by atoms with Crippen LogP contribution in [0.25, 0.3) is 0 Å². The quantitative estimate of drug-likeness (QED) is 0.466. The maximum atomic E-state index is 12.9. The second-order valence-corrected chi connectivity index (χ2v) is 5.69. The molecule has 0 saturated heterocycles. The Balaban J connectivity index is 1.92. The number of hydrogen-bond acceptors (Lipinski definition) is 4. The van der Waals surface area contributed by atoms with Crippen molar-refractivity contribution < 1.29 is 13.9 Å². The molecule has 0 aliphatic carbocycles. The predicted molar refractivity (Wildman–Crippen MR) is 102 cm³/mol. The molecule has 2 aromatic carbocycles. The molecule has 0 amide bonds. The van der Waals surface area contributed by atoms with Crippen molar-refractivity contribution in [1.29, 1.82) is 0 Å². The molecular formula is C18H20FN3O2S. The van der Waals surface area contributed by atoms with Crippen LogP contribution in [0.1, 0.15) is 12.5 Å². The lowest BCUT2D eigenvalue weighted by Crippen LogP contribution is -2.25. The Bertz CT molecular complexity index is 763. The maximum Gasteiger partial charge on any atom is 0.191 e. The number of hydrogen-bond donors (Lipinski definition) is 2. The van der Waals surface area contributed by atoms with Crippen molar-refractivity contribution in [3.8, 4) is 11.5 Å². The van der Waals surface area contributed by atoms with E-state index in [1.807, 2.05) is 25.1 Å². The van der Waals surface area contributed by atoms with E-state index in [2.05, 4.69) is 15.8 Å². The Labute approximate surface area is 151 Å². The summed E-state index contributed by atoms with van der Waals surface area (Å²) in [7, 11) is 3.20. The summed E-state index contributed by atoms with van der Waals surface area (Å²) in [5, 5.41) is 7.51. The van der Waals surface area contributed by atoms with Crippen LogP contribution in [-0.4, -0.2) is 25.0 Å². The summed E-state index contributed by atoms with van der Waals surface area (Å²) in [5.41, 5.74) is 5.35. The third kappa shape index (κ3) is 5.72. The van der Waals surface area contributed by atoms with E-state index in [0.29, 0.717) is 28.7 Å². The molecule has 0 saturated carbocycles. The van der Waals surface area contributed by atoms with Crippen molar-refractivity contribution in [2.45, 2.75) is 13.3 Å². The van der Waals surface area contributed by atoms with Gasteiger partial charge in [-0.05, 0) is 61.1 Å². The fourth-order valence-electron chi connectivity index (χ4n) is 2.16. The highest BCUT2D eigenvalue weighted by Gasteiger charge is 2.05. The number of nitrogens with zero attached hydrogens (tertiary/aromatic N) is 1. The number of benzene rings is 2. The highest BCUT2D eigenvalue weighted by Crippen LogP contribution is 2.27. The molecule has 0 bridgehead atoms. The molecule has 7 heteroatoms. The lowest BCUT2D eigenvalue weighted by atomic mass is 10.1. The van der Waals surface area contributed by atoms with Gasteiger partial charge in [0.25, 0.3) is 0 Å². The molecular weight excluding hydrogens is 341 g/mol. The van der Waals surface area contributed by atoms with Gasteiger partial charge >= 0.3 is 0 Å². The molecule has 25 heavy (non-hydrogen) atoms. The Morgan fingerprint density at radius 1 is 1.08 bits per heavy atom. The summed E-state index contributed by atoms with van der Waals surface area (Å²) in [6.07, 6.45) is 0.631. The molecule has 0 aliphatic heterocycles. The number of halogens is 1. The minimum atomic E-state index is -0.298. The van der Waals surface area contributed by atoms with Crippen molar-refractivity contribution in [2.24, 2.45) is 5.10 Å². The first-order valence-corrected chi connectivity index (χ1v) is 7.99. The summed E-state index contributed by atoms with van der Waals surface area (Å²) in [4.78, 5) is 0. The number of thiocarbonyl (C=S) groups is 1. The average Bonchev–Trinajstić information content (AvgIpc) is 2.62. The van der Waals surface area contributed by atoms with Gasteiger partial charge < -0.3 is 14.8 Å². The third-order valence-electron chi connectivity index (χ3n) is 3.36. The van der Waals surface area contributed by atoms with Crippen LogP contribution in [-0.2, 0) is 6.42 Å². The molecule has 0 spiro atoms. The van der Waals surface area contributed by atoms with Crippen LogP contribution in [0, 0.1) is 5.82 Å². The van der Waals surface area contributed by atoms with E-state index in [1.165, 1.54) is 12.1 Å². The van der Waals surface area contributed by atoms with E-state index in [1.54, 1.807) is 26.4 Å². The first kappa shape index (κ1) is 18.7. The van der Waals surface area contributed by atoms with E-state index >= 15 is 0 Å². The summed E-state index contributed by atoms with van der Waals surface area (Å²) >= 11 is 5.16. The van der Waals surface area contributed by atoms with Gasteiger partial charge in [0, 0.05) is 17.8 Å². The Kier molecular flexibility index (Phi) is 6.71. The summed E-state index contributed by atoms with van der Waals surface area (Å²) in [6.45, 7) is 1.89. The first-order valence-electron chi connectivity index (χ1n) is 7.58. The molecule has 2 aromatic rings. The highest BCUT2D eigenvalue weighted by atomic mass is 32.1. The van der Waals surface area contributed by atoms with E-state index < -0.39 is 0 Å². The lowest BCUT2D eigenvalue weighted by Gasteiger charge is -2.10. The van der Waals surface area contributed by atoms with Crippen LogP contribution in [0.5, 0.6) is 11.5 Å². The number of rotatable bonds is 6. The molecule has 132 valence electrons. The third-order valence-corrected chi connectivity index (χ3v) is 3.55. The standard InChI is InChI=1S/C18H20FN3O2S/c1-12(10-13-4-9-16(23-2)17(11-13)24-3)21-22-18(25)20-15-7-5-14(19)6-8-15/h4-9,11H,10H2,1-3H3,(H2,20,22,25)/b21-12-. The number of ether oxygens (including phenoxy) is 2. The topological polar surface area (TPSA) is 54.9 Å². The van der Waals surface area contributed by atoms with Gasteiger partial charge in [-0.3, -0.25) is 5.43 Å². The van der Waals surface area contributed by atoms with Crippen LogP contribution in [0.3, 0.4) is 0 Å². The van der Waals surface area contributed by atoms with Crippen molar-refractivity contribution in [3.05, 3.63) is 53.8 Å². The second-order valence-electron chi connectivity index (χ2n) is 5.29. The molecule has 2 N–H and O–H groups in total. The van der Waals surface area contributed by atoms with Gasteiger partial charge in [0.1, 0.15) is 5.82 Å². The predicted octanol–water partition coefficient (Wildman–Crippen LogP) is 3.75. The zero-order chi connectivity index (χ0) is 18.2. The fraction of sp³-hybridized carbons (Fsp3) is 0.222. The van der Waals surface area contributed by atoms with Crippen LogP contribution in [0.4, 0.5) is 10.1 Å². The molecule has 0 fully saturated rings. The Morgan fingerprint density at radius 2 is 1.76 bits per heavy atom. The molecule has 5 nitrogen and oxygen atoms in total. The van der Waals surface area contributed by atoms with Crippen LogP contribution >= 0.6 is 12.2 Å². The van der Waals surface area contributed by atoms with Gasteiger partial charge in [0.2, 0.25) is 0 Å². The van der Waals surface area contributed by atoms with Gasteiger partial charge in [-0.15, -0.1) is 0 Å². The average molecular weight is 361 g/mol. The number of anilines is 1. The zero-order valence-corrected chi connectivity index (χ0v) is 15.1. The van der Waals surface area contributed by atoms with Crippen LogP contribution < -0.4 is 20.2 Å². The van der Waals surface area contributed by atoms with Gasteiger partial charge in [-0.1, -0.05) is 6.07 Å². The SMILES string of the molecule is COc1ccc(C/C(C)=N\NC(=S)Nc2ccc(F)cc2)cc1OC. The summed E-state index contributed by atoms with van der Waals surface area (Å²) in [6, 6.07) is 11.6. The number of hydrazone groups is 1. The van der Waals surface area contributed by atoms with E-state index in [-0.39, 0.29) is 5.82 Å². The molecule has 0 aliphatic rings. The van der Waals surface area contributed by atoms with Crippen LogP contribution in [0.2, 0.25) is 0 Å². The van der Waals surface area contributed by atoms with Crippen molar-refractivity contribution in [3.63, 3.8) is 0 Å². The second kappa shape index (κ2) is 8.98. The van der Waals surface area contributed by atoms with Crippen molar-refractivity contribution >= 4 is 28.7 Å². The molecule has 0 unspecified atom stereocenters. The summed E-state index contributed by atoms with van der Waals surface area (Å²) in [5.74, 6) is 1.06. The van der Waals surface area contributed by atoms with Gasteiger partial charge in [-0.25, -0.2) is 4.39 Å².